The van der Waals surface area contributed by atoms with E-state index in [1.54, 1.807) is 18.4 Å². The lowest BCUT2D eigenvalue weighted by Gasteiger charge is -2.18. The molecule has 0 aliphatic carbocycles. The van der Waals surface area contributed by atoms with Crippen molar-refractivity contribution in [3.63, 3.8) is 0 Å². The molecule has 0 saturated heterocycles. The van der Waals surface area contributed by atoms with E-state index in [0.29, 0.717) is 0 Å². The molecule has 0 aliphatic heterocycles. The summed E-state index contributed by atoms with van der Waals surface area (Å²) in [6.07, 6.45) is 0. The Hall–Kier alpha value is -1.03. The highest BCUT2D eigenvalue weighted by Crippen LogP contribution is 2.33. The third-order valence-electron chi connectivity index (χ3n) is 3.01. The van der Waals surface area contributed by atoms with E-state index in [9.17, 15) is 0 Å². The molecule has 0 spiro atoms. The molecule has 1 heterocycles. The molecule has 2 nitrogen and oxygen atoms in total. The van der Waals surface area contributed by atoms with Gasteiger partial charge < -0.3 is 10.1 Å². The molecule has 0 amide bonds. The first-order chi connectivity index (χ1) is 8.67. The molecule has 1 aromatic carbocycles. The van der Waals surface area contributed by atoms with Crippen LogP contribution in [0, 0.1) is 6.92 Å². The molecule has 0 radical (unpaired) electrons. The van der Waals surface area contributed by atoms with Gasteiger partial charge >= 0.3 is 0 Å². The number of benzene rings is 1. The van der Waals surface area contributed by atoms with Crippen LogP contribution in [0.5, 0.6) is 5.75 Å². The number of hydrogen-bond donors (Lipinski definition) is 1. The van der Waals surface area contributed by atoms with Crippen LogP contribution in [-0.2, 0) is 0 Å². The molecule has 0 bridgehead atoms. The third-order valence-corrected chi connectivity index (χ3v) is 4.22. The van der Waals surface area contributed by atoms with Gasteiger partial charge in [-0.05, 0) is 53.6 Å². The van der Waals surface area contributed by atoms with E-state index >= 15 is 0 Å². The molecule has 18 heavy (non-hydrogen) atoms. The molecule has 0 aliphatic rings. The van der Waals surface area contributed by atoms with Gasteiger partial charge in [-0.1, -0.05) is 17.7 Å². The predicted octanol–water partition coefficient (Wildman–Crippen LogP) is 4.03. The minimum atomic E-state index is 0.120. The Bertz CT molecular complexity index is 538. The number of nitrogens with one attached hydrogen (secondary N) is 1. The summed E-state index contributed by atoms with van der Waals surface area (Å²) in [6, 6.07) is 5.92. The maximum absolute atomic E-state index is 6.33. The van der Waals surface area contributed by atoms with Crippen LogP contribution in [-0.4, -0.2) is 14.2 Å². The predicted molar refractivity (Wildman–Crippen MR) is 78.0 cm³/mol. The van der Waals surface area contributed by atoms with Crippen molar-refractivity contribution in [2.45, 2.75) is 13.0 Å². The lowest BCUT2D eigenvalue weighted by atomic mass is 9.98. The van der Waals surface area contributed by atoms with Gasteiger partial charge in [0.2, 0.25) is 0 Å². The molecule has 1 unspecified atom stereocenters. The van der Waals surface area contributed by atoms with E-state index in [1.807, 2.05) is 25.2 Å². The second-order valence-corrected chi connectivity index (χ2v) is 5.27. The smallest absolute Gasteiger partial charge is 0.120 e. The van der Waals surface area contributed by atoms with Gasteiger partial charge in [0.1, 0.15) is 5.75 Å². The van der Waals surface area contributed by atoms with Crippen molar-refractivity contribution in [2.75, 3.05) is 14.2 Å². The number of thiophene rings is 1. The molecule has 1 atom stereocenters. The highest BCUT2D eigenvalue weighted by molar-refractivity contribution is 7.08. The highest BCUT2D eigenvalue weighted by atomic mass is 35.5. The van der Waals surface area contributed by atoms with Crippen LogP contribution in [0.15, 0.2) is 29.0 Å². The number of hydrogen-bond acceptors (Lipinski definition) is 3. The Morgan fingerprint density at radius 2 is 2.06 bits per heavy atom. The Kier molecular flexibility index (Phi) is 4.27. The normalized spacial score (nSPS) is 12.4. The topological polar surface area (TPSA) is 21.3 Å². The molecule has 2 rings (SSSR count). The Labute approximate surface area is 117 Å². The quantitative estimate of drug-likeness (QED) is 0.914. The van der Waals surface area contributed by atoms with Crippen molar-refractivity contribution >= 4 is 22.9 Å². The summed E-state index contributed by atoms with van der Waals surface area (Å²) in [4.78, 5) is 0. The van der Waals surface area contributed by atoms with Crippen molar-refractivity contribution in [3.05, 3.63) is 50.7 Å². The summed E-state index contributed by atoms with van der Waals surface area (Å²) in [5, 5.41) is 8.36. The van der Waals surface area contributed by atoms with Gasteiger partial charge in [-0.2, -0.15) is 11.3 Å². The standard InChI is InChI=1S/C14H16ClNOS/c1-9-7-18-8-12(9)14(16-2)11-5-4-10(17-3)6-13(11)15/h4-8,14,16H,1-3H3. The van der Waals surface area contributed by atoms with E-state index in [4.69, 9.17) is 16.3 Å². The zero-order valence-corrected chi connectivity index (χ0v) is 12.2. The average Bonchev–Trinajstić information content (AvgIpc) is 2.78. The van der Waals surface area contributed by atoms with E-state index < -0.39 is 0 Å². The number of rotatable bonds is 4. The fourth-order valence-electron chi connectivity index (χ4n) is 2.01. The lowest BCUT2D eigenvalue weighted by molar-refractivity contribution is 0.414. The summed E-state index contributed by atoms with van der Waals surface area (Å²) >= 11 is 8.04. The maximum Gasteiger partial charge on any atom is 0.120 e. The van der Waals surface area contributed by atoms with Gasteiger partial charge in [0.05, 0.1) is 13.2 Å². The largest absolute Gasteiger partial charge is 0.497 e. The van der Waals surface area contributed by atoms with Gasteiger partial charge in [0, 0.05) is 5.02 Å². The number of aryl methyl sites for hydroxylation is 1. The summed E-state index contributed by atoms with van der Waals surface area (Å²) in [5.41, 5.74) is 3.63. The summed E-state index contributed by atoms with van der Waals surface area (Å²) < 4.78 is 5.18. The van der Waals surface area contributed by atoms with Crippen molar-refractivity contribution in [1.29, 1.82) is 0 Å². The van der Waals surface area contributed by atoms with Gasteiger partial charge in [0.15, 0.2) is 0 Å². The van der Waals surface area contributed by atoms with Crippen LogP contribution in [0.1, 0.15) is 22.7 Å². The molecule has 1 N–H and O–H groups in total. The SMILES string of the molecule is CNC(c1cscc1C)c1ccc(OC)cc1Cl. The van der Waals surface area contributed by atoms with Crippen LogP contribution < -0.4 is 10.1 Å². The van der Waals surface area contributed by atoms with Crippen LogP contribution in [0.2, 0.25) is 5.02 Å². The summed E-state index contributed by atoms with van der Waals surface area (Å²) in [5.74, 6) is 0.778. The molecule has 0 fully saturated rings. The van der Waals surface area contributed by atoms with E-state index in [0.717, 1.165) is 16.3 Å². The van der Waals surface area contributed by atoms with Gasteiger partial charge in [-0.15, -0.1) is 0 Å². The summed E-state index contributed by atoms with van der Waals surface area (Å²) in [6.45, 7) is 2.12. The van der Waals surface area contributed by atoms with Crippen molar-refractivity contribution < 1.29 is 4.74 Å². The zero-order valence-electron chi connectivity index (χ0n) is 10.7. The molecule has 4 heteroatoms. The maximum atomic E-state index is 6.33. The molecule has 1 aromatic heterocycles. The highest BCUT2D eigenvalue weighted by Gasteiger charge is 2.18. The first kappa shape index (κ1) is 13.4. The van der Waals surface area contributed by atoms with E-state index in [2.05, 4.69) is 23.0 Å². The van der Waals surface area contributed by atoms with Crippen molar-refractivity contribution in [1.82, 2.24) is 5.32 Å². The first-order valence-electron chi connectivity index (χ1n) is 5.70. The minimum Gasteiger partial charge on any atom is -0.497 e. The molecular weight excluding hydrogens is 266 g/mol. The van der Waals surface area contributed by atoms with Crippen LogP contribution in [0.25, 0.3) is 0 Å². The zero-order chi connectivity index (χ0) is 13.1. The average molecular weight is 282 g/mol. The van der Waals surface area contributed by atoms with Gasteiger partial charge in [-0.3, -0.25) is 0 Å². The van der Waals surface area contributed by atoms with Crippen LogP contribution in [0.4, 0.5) is 0 Å². The molecule has 2 aromatic rings. The fraction of sp³-hybridized carbons (Fsp3) is 0.286. The Morgan fingerprint density at radius 1 is 1.28 bits per heavy atom. The van der Waals surface area contributed by atoms with E-state index in [-0.39, 0.29) is 6.04 Å². The second-order valence-electron chi connectivity index (χ2n) is 4.12. The second kappa shape index (κ2) is 5.74. The van der Waals surface area contributed by atoms with Crippen molar-refractivity contribution in [3.8, 4) is 5.75 Å². The van der Waals surface area contributed by atoms with Crippen molar-refractivity contribution in [2.24, 2.45) is 0 Å². The third kappa shape index (κ3) is 2.53. The Morgan fingerprint density at radius 3 is 2.56 bits per heavy atom. The fourth-order valence-corrected chi connectivity index (χ4v) is 3.17. The minimum absolute atomic E-state index is 0.120. The molecule has 0 saturated carbocycles. The lowest BCUT2D eigenvalue weighted by Crippen LogP contribution is -2.18. The summed E-state index contributed by atoms with van der Waals surface area (Å²) in [7, 11) is 3.59. The first-order valence-corrected chi connectivity index (χ1v) is 7.02. The number of halogens is 1. The Balaban J connectivity index is 2.42. The monoisotopic (exact) mass is 281 g/mol. The number of ether oxygens (including phenoxy) is 1. The van der Waals surface area contributed by atoms with Gasteiger partial charge in [0.25, 0.3) is 0 Å². The van der Waals surface area contributed by atoms with Crippen LogP contribution in [0.3, 0.4) is 0 Å². The molecular formula is C14H16ClNOS. The van der Waals surface area contributed by atoms with E-state index in [1.165, 1.54) is 11.1 Å². The van der Waals surface area contributed by atoms with Gasteiger partial charge in [-0.25, -0.2) is 0 Å². The number of methoxy groups -OCH3 is 1. The van der Waals surface area contributed by atoms with Crippen LogP contribution >= 0.6 is 22.9 Å². The molecule has 96 valence electrons.